The molecule has 26 heavy (non-hydrogen) atoms. The minimum absolute atomic E-state index is 0. The van der Waals surface area contributed by atoms with Crippen molar-refractivity contribution in [3.8, 4) is 5.75 Å². The van der Waals surface area contributed by atoms with E-state index in [1.807, 2.05) is 29.9 Å². The Hall–Kier alpha value is -1.77. The molecule has 2 rings (SSSR count). The number of rotatable bonds is 6. The Morgan fingerprint density at radius 1 is 1.19 bits per heavy atom. The van der Waals surface area contributed by atoms with Crippen LogP contribution in [0.1, 0.15) is 32.0 Å². The van der Waals surface area contributed by atoms with Crippen LogP contribution in [-0.4, -0.2) is 35.9 Å². The Kier molecular flexibility index (Phi) is 8.91. The lowest BCUT2D eigenvalue weighted by atomic mass is 9.86. The van der Waals surface area contributed by atoms with E-state index in [0.29, 0.717) is 19.7 Å². The van der Waals surface area contributed by atoms with E-state index < -0.39 is 0 Å². The molecule has 0 aliphatic carbocycles. The van der Waals surface area contributed by atoms with Crippen LogP contribution in [0.15, 0.2) is 41.5 Å². The van der Waals surface area contributed by atoms with Gasteiger partial charge in [0.25, 0.3) is 0 Å². The zero-order valence-corrected chi connectivity index (χ0v) is 18.6. The van der Waals surface area contributed by atoms with Crippen LogP contribution in [0.25, 0.3) is 0 Å². The average molecular weight is 471 g/mol. The van der Waals surface area contributed by atoms with Gasteiger partial charge in [-0.3, -0.25) is 9.67 Å². The maximum atomic E-state index is 5.97. The number of para-hydroxylation sites is 1. The minimum atomic E-state index is 0. The quantitative estimate of drug-likeness (QED) is 0.294. The molecule has 0 saturated carbocycles. The van der Waals surface area contributed by atoms with Crippen molar-refractivity contribution in [2.45, 2.75) is 32.7 Å². The Morgan fingerprint density at radius 2 is 1.92 bits per heavy atom. The first-order valence-corrected chi connectivity index (χ1v) is 8.55. The summed E-state index contributed by atoms with van der Waals surface area (Å²) in [5, 5.41) is 10.7. The second kappa shape index (κ2) is 10.4. The third kappa shape index (κ3) is 6.51. The Labute approximate surface area is 173 Å². The molecule has 1 heterocycles. The van der Waals surface area contributed by atoms with Crippen molar-refractivity contribution in [2.24, 2.45) is 12.0 Å². The number of benzene rings is 1. The Bertz CT molecular complexity index is 706. The Morgan fingerprint density at radius 3 is 2.54 bits per heavy atom. The fraction of sp³-hybridized carbons (Fsp3) is 0.474. The van der Waals surface area contributed by atoms with Crippen LogP contribution < -0.4 is 15.4 Å². The van der Waals surface area contributed by atoms with Crippen molar-refractivity contribution in [1.82, 2.24) is 20.4 Å². The molecular weight excluding hydrogens is 441 g/mol. The fourth-order valence-corrected chi connectivity index (χ4v) is 2.51. The van der Waals surface area contributed by atoms with Crippen LogP contribution in [0.4, 0.5) is 0 Å². The highest BCUT2D eigenvalue weighted by Gasteiger charge is 2.18. The number of halogens is 1. The van der Waals surface area contributed by atoms with E-state index in [2.05, 4.69) is 53.6 Å². The van der Waals surface area contributed by atoms with Gasteiger partial charge in [0, 0.05) is 20.3 Å². The van der Waals surface area contributed by atoms with E-state index in [0.717, 1.165) is 17.4 Å². The van der Waals surface area contributed by atoms with Gasteiger partial charge < -0.3 is 15.4 Å². The highest BCUT2D eigenvalue weighted by molar-refractivity contribution is 14.0. The number of hydrogen-bond donors (Lipinski definition) is 2. The molecule has 6 nitrogen and oxygen atoms in total. The van der Waals surface area contributed by atoms with Gasteiger partial charge in [0.15, 0.2) is 5.96 Å². The van der Waals surface area contributed by atoms with Gasteiger partial charge in [-0.15, -0.1) is 24.0 Å². The van der Waals surface area contributed by atoms with Crippen molar-refractivity contribution in [3.63, 3.8) is 0 Å². The van der Waals surface area contributed by atoms with Crippen LogP contribution in [0.2, 0.25) is 0 Å². The first kappa shape index (κ1) is 22.3. The first-order chi connectivity index (χ1) is 11.9. The standard InChI is InChI=1S/C19H29N5O.HI/c1-19(2,3)16-8-6-7-9-17(16)25-13-12-21-18(20-4)22-14-15-10-11-23-24(15)5;/h6-11H,12-14H2,1-5H3,(H2,20,21,22);1H. The second-order valence-electron chi connectivity index (χ2n) is 6.89. The third-order valence-electron chi connectivity index (χ3n) is 3.93. The summed E-state index contributed by atoms with van der Waals surface area (Å²) in [5.41, 5.74) is 2.37. The molecule has 0 bridgehead atoms. The molecule has 1 aromatic carbocycles. The molecule has 0 spiro atoms. The van der Waals surface area contributed by atoms with Gasteiger partial charge in [-0.2, -0.15) is 5.10 Å². The minimum Gasteiger partial charge on any atom is -0.491 e. The summed E-state index contributed by atoms with van der Waals surface area (Å²) in [7, 11) is 3.68. The molecule has 0 aliphatic heterocycles. The number of nitrogens with zero attached hydrogens (tertiary/aromatic N) is 3. The Balaban J connectivity index is 0.00000338. The number of aromatic nitrogens is 2. The number of ether oxygens (including phenoxy) is 1. The van der Waals surface area contributed by atoms with Crippen molar-refractivity contribution in [3.05, 3.63) is 47.8 Å². The molecule has 0 amide bonds. The number of nitrogens with one attached hydrogen (secondary N) is 2. The molecule has 0 aliphatic rings. The molecule has 2 N–H and O–H groups in total. The number of guanidine groups is 1. The summed E-state index contributed by atoms with van der Waals surface area (Å²) in [6.45, 7) is 8.49. The summed E-state index contributed by atoms with van der Waals surface area (Å²) in [6, 6.07) is 10.2. The summed E-state index contributed by atoms with van der Waals surface area (Å²) in [6.07, 6.45) is 1.79. The van der Waals surface area contributed by atoms with Crippen LogP contribution in [0, 0.1) is 0 Å². The lowest BCUT2D eigenvalue weighted by Crippen LogP contribution is -2.39. The summed E-state index contributed by atoms with van der Waals surface area (Å²) in [4.78, 5) is 4.23. The lowest BCUT2D eigenvalue weighted by Gasteiger charge is -2.22. The van der Waals surface area contributed by atoms with E-state index in [1.54, 1.807) is 13.2 Å². The van der Waals surface area contributed by atoms with Crippen molar-refractivity contribution < 1.29 is 4.74 Å². The molecule has 0 atom stereocenters. The van der Waals surface area contributed by atoms with Gasteiger partial charge in [0.1, 0.15) is 12.4 Å². The predicted octanol–water partition coefficient (Wildman–Crippen LogP) is 3.08. The van der Waals surface area contributed by atoms with E-state index >= 15 is 0 Å². The van der Waals surface area contributed by atoms with Crippen LogP contribution >= 0.6 is 24.0 Å². The van der Waals surface area contributed by atoms with Gasteiger partial charge in [0.2, 0.25) is 0 Å². The van der Waals surface area contributed by atoms with Gasteiger partial charge >= 0.3 is 0 Å². The monoisotopic (exact) mass is 471 g/mol. The summed E-state index contributed by atoms with van der Waals surface area (Å²) >= 11 is 0. The smallest absolute Gasteiger partial charge is 0.191 e. The van der Waals surface area contributed by atoms with E-state index in [1.165, 1.54) is 5.56 Å². The maximum absolute atomic E-state index is 5.97. The van der Waals surface area contributed by atoms with Gasteiger partial charge in [-0.25, -0.2) is 0 Å². The van der Waals surface area contributed by atoms with Crippen LogP contribution in [0.3, 0.4) is 0 Å². The first-order valence-electron chi connectivity index (χ1n) is 8.55. The van der Waals surface area contributed by atoms with Gasteiger partial charge in [0.05, 0.1) is 18.8 Å². The molecule has 144 valence electrons. The largest absolute Gasteiger partial charge is 0.491 e. The molecule has 1 aromatic heterocycles. The van der Waals surface area contributed by atoms with Crippen LogP contribution in [0.5, 0.6) is 5.75 Å². The normalized spacial score (nSPS) is 11.7. The number of aryl methyl sites for hydroxylation is 1. The van der Waals surface area contributed by atoms with E-state index in [4.69, 9.17) is 4.74 Å². The van der Waals surface area contributed by atoms with Gasteiger partial charge in [-0.05, 0) is 23.1 Å². The fourth-order valence-electron chi connectivity index (χ4n) is 2.51. The molecule has 0 saturated heterocycles. The van der Waals surface area contributed by atoms with E-state index in [9.17, 15) is 0 Å². The molecule has 0 unspecified atom stereocenters. The van der Waals surface area contributed by atoms with E-state index in [-0.39, 0.29) is 29.4 Å². The van der Waals surface area contributed by atoms with Gasteiger partial charge in [-0.1, -0.05) is 39.0 Å². The predicted molar refractivity (Wildman–Crippen MR) is 117 cm³/mol. The molecule has 7 heteroatoms. The SMILES string of the molecule is CN=C(NCCOc1ccccc1C(C)(C)C)NCc1ccnn1C.I. The second-order valence-corrected chi connectivity index (χ2v) is 6.89. The number of hydrogen-bond acceptors (Lipinski definition) is 3. The zero-order chi connectivity index (χ0) is 18.3. The molecular formula is C19H30IN5O. The molecule has 0 radical (unpaired) electrons. The average Bonchev–Trinajstić information content (AvgIpc) is 2.99. The molecule has 0 fully saturated rings. The summed E-state index contributed by atoms with van der Waals surface area (Å²) in [5.74, 6) is 1.68. The zero-order valence-electron chi connectivity index (χ0n) is 16.2. The third-order valence-corrected chi connectivity index (χ3v) is 3.93. The van der Waals surface area contributed by atoms with Crippen LogP contribution in [-0.2, 0) is 19.0 Å². The highest BCUT2D eigenvalue weighted by atomic mass is 127. The van der Waals surface area contributed by atoms with Crippen molar-refractivity contribution in [2.75, 3.05) is 20.2 Å². The maximum Gasteiger partial charge on any atom is 0.191 e. The van der Waals surface area contributed by atoms with Crippen molar-refractivity contribution >= 4 is 29.9 Å². The molecule has 2 aromatic rings. The van der Waals surface area contributed by atoms with Crippen molar-refractivity contribution in [1.29, 1.82) is 0 Å². The summed E-state index contributed by atoms with van der Waals surface area (Å²) < 4.78 is 7.81. The lowest BCUT2D eigenvalue weighted by molar-refractivity contribution is 0.313. The topological polar surface area (TPSA) is 63.5 Å². The highest BCUT2D eigenvalue weighted by Crippen LogP contribution is 2.30. The number of aliphatic imine (C=N–C) groups is 1.